The summed E-state index contributed by atoms with van der Waals surface area (Å²) in [5, 5.41) is 11.1. The summed E-state index contributed by atoms with van der Waals surface area (Å²) >= 11 is 1.78. The Morgan fingerprint density at radius 1 is 1.00 bits per heavy atom. The maximum atomic E-state index is 13.6. The van der Waals surface area contributed by atoms with Crippen LogP contribution in [-0.2, 0) is 6.42 Å². The number of benzene rings is 2. The maximum Gasteiger partial charge on any atom is 0.253 e. The van der Waals surface area contributed by atoms with Crippen molar-refractivity contribution in [3.05, 3.63) is 87.3 Å². The van der Waals surface area contributed by atoms with Crippen LogP contribution in [0.5, 0.6) is 0 Å². The number of rotatable bonds is 9. The molecule has 1 amide bonds. The third-order valence-corrected chi connectivity index (χ3v) is 8.17. The first-order chi connectivity index (χ1) is 19.3. The number of carbonyl (C=O) groups is 1. The van der Waals surface area contributed by atoms with Crippen molar-refractivity contribution in [2.24, 2.45) is 0 Å². The summed E-state index contributed by atoms with van der Waals surface area (Å²) in [6, 6.07) is 14.4. The molecule has 3 N–H and O–H groups in total. The van der Waals surface area contributed by atoms with Crippen LogP contribution in [0.25, 0.3) is 0 Å². The van der Waals surface area contributed by atoms with Gasteiger partial charge in [-0.05, 0) is 94.1 Å². The fraction of sp³-hybridized carbons (Fsp3) is 0.333. The van der Waals surface area contributed by atoms with Crippen LogP contribution in [-0.4, -0.2) is 51.4 Å². The highest BCUT2D eigenvalue weighted by molar-refractivity contribution is 7.11. The molecule has 1 fully saturated rings. The Morgan fingerprint density at radius 3 is 2.45 bits per heavy atom. The topological polar surface area (TPSA) is 95.1 Å². The van der Waals surface area contributed by atoms with Gasteiger partial charge in [0.1, 0.15) is 11.6 Å². The lowest BCUT2D eigenvalue weighted by atomic mass is 10.0. The number of nitrogens with one attached hydrogen (secondary N) is 3. The second-order valence-electron chi connectivity index (χ2n) is 10.1. The molecular formula is C30H34FN7OS. The highest BCUT2D eigenvalue weighted by atomic mass is 32.1. The molecule has 3 heterocycles. The number of carbonyl (C=O) groups excluding carboxylic acids is 1. The molecule has 0 bridgehead atoms. The molecule has 0 aliphatic carbocycles. The molecule has 4 aromatic rings. The zero-order chi connectivity index (χ0) is 28.1. The van der Waals surface area contributed by atoms with E-state index in [1.165, 1.54) is 10.9 Å². The number of anilines is 4. The van der Waals surface area contributed by atoms with Crippen LogP contribution in [0.15, 0.2) is 54.7 Å². The van der Waals surface area contributed by atoms with E-state index in [2.05, 4.69) is 44.7 Å². The number of amides is 1. The van der Waals surface area contributed by atoms with Gasteiger partial charge in [-0.2, -0.15) is 4.98 Å². The van der Waals surface area contributed by atoms with Crippen molar-refractivity contribution in [1.82, 2.24) is 25.2 Å². The number of halogens is 1. The molecule has 8 nitrogen and oxygen atoms in total. The first-order valence-corrected chi connectivity index (χ1v) is 14.3. The fourth-order valence-corrected chi connectivity index (χ4v) is 5.79. The van der Waals surface area contributed by atoms with Crippen LogP contribution in [0.4, 0.5) is 27.5 Å². The third-order valence-electron chi connectivity index (χ3n) is 7.04. The molecule has 0 spiro atoms. The van der Waals surface area contributed by atoms with E-state index in [4.69, 9.17) is 0 Å². The Labute approximate surface area is 238 Å². The summed E-state index contributed by atoms with van der Waals surface area (Å²) in [4.78, 5) is 29.7. The average Bonchev–Trinajstić information content (AvgIpc) is 3.27. The Morgan fingerprint density at radius 2 is 1.75 bits per heavy atom. The molecule has 0 radical (unpaired) electrons. The van der Waals surface area contributed by atoms with Gasteiger partial charge in [-0.25, -0.2) is 14.4 Å². The Balaban J connectivity index is 1.10. The lowest BCUT2D eigenvalue weighted by Gasteiger charge is -2.32. The number of hydrogen-bond acceptors (Lipinski definition) is 8. The lowest BCUT2D eigenvalue weighted by Crippen LogP contribution is -2.45. The zero-order valence-electron chi connectivity index (χ0n) is 23.0. The number of hydrogen-bond donors (Lipinski definition) is 3. The number of aryl methyl sites for hydroxylation is 3. The molecule has 1 saturated heterocycles. The van der Waals surface area contributed by atoms with Crippen molar-refractivity contribution in [2.45, 2.75) is 46.1 Å². The zero-order valence-corrected chi connectivity index (χ0v) is 23.8. The predicted octanol–water partition coefficient (Wildman–Crippen LogP) is 5.92. The van der Waals surface area contributed by atoms with Crippen molar-refractivity contribution in [2.75, 3.05) is 30.3 Å². The molecule has 2 aromatic carbocycles. The van der Waals surface area contributed by atoms with Gasteiger partial charge in [-0.1, -0.05) is 0 Å². The van der Waals surface area contributed by atoms with Crippen molar-refractivity contribution in [3.8, 4) is 0 Å². The molecule has 5 rings (SSSR count). The van der Waals surface area contributed by atoms with E-state index in [1.54, 1.807) is 42.7 Å². The van der Waals surface area contributed by atoms with Crippen molar-refractivity contribution < 1.29 is 9.18 Å². The van der Waals surface area contributed by atoms with Crippen molar-refractivity contribution in [3.63, 3.8) is 0 Å². The minimum absolute atomic E-state index is 0.0535. The minimum atomic E-state index is -0.248. The number of piperidine rings is 1. The van der Waals surface area contributed by atoms with E-state index in [0.717, 1.165) is 61.0 Å². The van der Waals surface area contributed by atoms with Crippen LogP contribution in [0.2, 0.25) is 0 Å². The van der Waals surface area contributed by atoms with Gasteiger partial charge in [0, 0.05) is 53.7 Å². The number of aromatic nitrogens is 3. The van der Waals surface area contributed by atoms with Gasteiger partial charge in [0.25, 0.3) is 5.91 Å². The van der Waals surface area contributed by atoms with Gasteiger partial charge in [-0.3, -0.25) is 4.79 Å². The Kier molecular flexibility index (Phi) is 8.66. The maximum absolute atomic E-state index is 13.6. The van der Waals surface area contributed by atoms with Crippen LogP contribution in [0, 0.1) is 26.6 Å². The third kappa shape index (κ3) is 7.00. The van der Waals surface area contributed by atoms with E-state index in [0.29, 0.717) is 28.9 Å². The van der Waals surface area contributed by atoms with Gasteiger partial charge >= 0.3 is 0 Å². The lowest BCUT2D eigenvalue weighted by molar-refractivity contribution is 0.0705. The minimum Gasteiger partial charge on any atom is -0.340 e. The predicted molar refractivity (Wildman–Crippen MR) is 158 cm³/mol. The van der Waals surface area contributed by atoms with E-state index in [9.17, 15) is 9.18 Å². The molecule has 0 saturated carbocycles. The molecule has 2 aromatic heterocycles. The van der Waals surface area contributed by atoms with Crippen molar-refractivity contribution in [1.29, 1.82) is 0 Å². The molecule has 0 unspecified atom stereocenters. The highest BCUT2D eigenvalue weighted by Crippen LogP contribution is 2.22. The molecular weight excluding hydrogens is 525 g/mol. The quantitative estimate of drug-likeness (QED) is 0.234. The van der Waals surface area contributed by atoms with E-state index in [1.807, 2.05) is 29.2 Å². The van der Waals surface area contributed by atoms with E-state index >= 15 is 0 Å². The van der Waals surface area contributed by atoms with Crippen LogP contribution in [0.1, 0.15) is 44.3 Å². The van der Waals surface area contributed by atoms with Gasteiger partial charge in [0.05, 0.1) is 10.7 Å². The Bertz CT molecular complexity index is 1470. The smallest absolute Gasteiger partial charge is 0.253 e. The van der Waals surface area contributed by atoms with Crippen LogP contribution >= 0.6 is 11.3 Å². The van der Waals surface area contributed by atoms with Gasteiger partial charge in [0.2, 0.25) is 5.95 Å². The first kappa shape index (κ1) is 27.7. The second kappa shape index (κ2) is 12.5. The largest absolute Gasteiger partial charge is 0.340 e. The number of likely N-dealkylation sites (tertiary alicyclic amines) is 1. The molecule has 1 aliphatic heterocycles. The summed E-state index contributed by atoms with van der Waals surface area (Å²) < 4.78 is 13.6. The van der Waals surface area contributed by atoms with Crippen LogP contribution < -0.4 is 16.0 Å². The molecule has 0 atom stereocenters. The van der Waals surface area contributed by atoms with Crippen LogP contribution in [0.3, 0.4) is 0 Å². The summed E-state index contributed by atoms with van der Waals surface area (Å²) in [5.41, 5.74) is 3.88. The van der Waals surface area contributed by atoms with E-state index < -0.39 is 0 Å². The first-order valence-electron chi connectivity index (χ1n) is 13.5. The molecule has 40 heavy (non-hydrogen) atoms. The van der Waals surface area contributed by atoms with Crippen molar-refractivity contribution >= 4 is 40.4 Å². The second-order valence-corrected chi connectivity index (χ2v) is 11.4. The molecule has 10 heteroatoms. The average molecular weight is 560 g/mol. The Hall–Kier alpha value is -3.89. The monoisotopic (exact) mass is 559 g/mol. The summed E-state index contributed by atoms with van der Waals surface area (Å²) in [7, 11) is 0. The summed E-state index contributed by atoms with van der Waals surface area (Å²) in [6.45, 7) is 8.27. The summed E-state index contributed by atoms with van der Waals surface area (Å²) in [6.07, 6.45) is 4.54. The van der Waals surface area contributed by atoms with Gasteiger partial charge in [0.15, 0.2) is 0 Å². The normalized spacial score (nSPS) is 13.8. The fourth-order valence-electron chi connectivity index (χ4n) is 4.85. The molecule has 1 aliphatic rings. The molecule has 208 valence electrons. The summed E-state index contributed by atoms with van der Waals surface area (Å²) in [5.74, 6) is 0.806. The number of nitrogens with zero attached hydrogens (tertiary/aromatic N) is 4. The van der Waals surface area contributed by atoms with Gasteiger partial charge < -0.3 is 20.9 Å². The number of thiazole rings is 1. The van der Waals surface area contributed by atoms with Gasteiger partial charge in [-0.15, -0.1) is 11.3 Å². The standard InChI is InChI=1S/C30H34FN7OS/c1-19-18-25(8-9-26(19)31)35-28-11-15-33-30(37-28)36-24-6-4-22(5-7-24)29(39)38-16-12-23(13-17-38)32-14-10-27-20(2)34-21(3)40-27/h4-9,11,15,18,23,32H,10,12-14,16-17H2,1-3H3,(H2,33,35,36,37). The highest BCUT2D eigenvalue weighted by Gasteiger charge is 2.23. The van der Waals surface area contributed by atoms with E-state index in [-0.39, 0.29) is 11.7 Å². The SMILES string of the molecule is Cc1nc(C)c(CCNC2CCN(C(=O)c3ccc(Nc4nccc(Nc5ccc(F)c(C)c5)n4)cc3)CC2)s1.